The summed E-state index contributed by atoms with van der Waals surface area (Å²) in [5, 5.41) is 11.3. The Morgan fingerprint density at radius 2 is 1.91 bits per heavy atom. The van der Waals surface area contributed by atoms with Crippen LogP contribution in [0.4, 0.5) is 13.2 Å². The van der Waals surface area contributed by atoms with Crippen LogP contribution in [0.5, 0.6) is 0 Å². The highest BCUT2D eigenvalue weighted by atomic mass is 19.4. The highest BCUT2D eigenvalue weighted by Crippen LogP contribution is 2.48. The molecule has 0 saturated heterocycles. The molecule has 2 rings (SSSR count). The fourth-order valence-corrected chi connectivity index (χ4v) is 2.39. The van der Waals surface area contributed by atoms with E-state index in [1.807, 2.05) is 0 Å². The van der Waals surface area contributed by atoms with E-state index in [2.05, 4.69) is 5.32 Å². The number of carbonyl (C=O) groups excluding carboxylic acids is 1. The van der Waals surface area contributed by atoms with Gasteiger partial charge in [-0.3, -0.25) is 4.79 Å². The number of halogens is 3. The SMILES string of the molecule is CCC(NC(=O)C1CC1c1ccc(C(F)(F)F)cc1)C(=O)O. The van der Waals surface area contributed by atoms with Crippen LogP contribution < -0.4 is 5.32 Å². The molecule has 1 aliphatic rings. The predicted octanol–water partition coefficient (Wildman–Crippen LogP) is 2.79. The largest absolute Gasteiger partial charge is 0.480 e. The van der Waals surface area contributed by atoms with Crippen molar-refractivity contribution >= 4 is 11.9 Å². The van der Waals surface area contributed by atoms with Gasteiger partial charge in [0, 0.05) is 5.92 Å². The Labute approximate surface area is 125 Å². The molecular weight excluding hydrogens is 299 g/mol. The highest BCUT2D eigenvalue weighted by molar-refractivity contribution is 5.87. The topological polar surface area (TPSA) is 66.4 Å². The molecular formula is C15H16F3NO3. The summed E-state index contributed by atoms with van der Waals surface area (Å²) in [5.41, 5.74) is -0.0636. The number of benzene rings is 1. The summed E-state index contributed by atoms with van der Waals surface area (Å²) in [4.78, 5) is 22.8. The third-order valence-corrected chi connectivity index (χ3v) is 3.82. The average Bonchev–Trinajstić information content (AvgIpc) is 3.24. The van der Waals surface area contributed by atoms with E-state index < -0.39 is 23.8 Å². The normalized spacial score (nSPS) is 22.0. The molecule has 0 spiro atoms. The van der Waals surface area contributed by atoms with E-state index in [0.717, 1.165) is 12.1 Å². The van der Waals surface area contributed by atoms with Gasteiger partial charge >= 0.3 is 12.1 Å². The summed E-state index contributed by atoms with van der Waals surface area (Å²) in [6.07, 6.45) is -3.58. The fourth-order valence-electron chi connectivity index (χ4n) is 2.39. The predicted molar refractivity (Wildman–Crippen MR) is 72.1 cm³/mol. The molecule has 0 heterocycles. The van der Waals surface area contributed by atoms with Crippen molar-refractivity contribution in [2.24, 2.45) is 5.92 Å². The number of aliphatic carboxylic acids is 1. The number of carbonyl (C=O) groups is 2. The molecule has 1 aromatic carbocycles. The molecule has 2 N–H and O–H groups in total. The van der Waals surface area contributed by atoms with Gasteiger partial charge in [-0.25, -0.2) is 4.79 Å². The Kier molecular flexibility index (Phi) is 4.44. The maximum absolute atomic E-state index is 12.5. The Morgan fingerprint density at radius 1 is 1.32 bits per heavy atom. The minimum absolute atomic E-state index is 0.145. The first kappa shape index (κ1) is 16.3. The van der Waals surface area contributed by atoms with Crippen molar-refractivity contribution in [3.05, 3.63) is 35.4 Å². The molecule has 0 aromatic heterocycles. The lowest BCUT2D eigenvalue weighted by molar-refractivity contribution is -0.142. The molecule has 4 nitrogen and oxygen atoms in total. The molecule has 0 radical (unpaired) electrons. The van der Waals surface area contributed by atoms with Gasteiger partial charge < -0.3 is 10.4 Å². The number of amides is 1. The van der Waals surface area contributed by atoms with E-state index in [1.54, 1.807) is 6.92 Å². The first-order valence-electron chi connectivity index (χ1n) is 6.94. The van der Waals surface area contributed by atoms with Gasteiger partial charge in [0.15, 0.2) is 0 Å². The van der Waals surface area contributed by atoms with Gasteiger partial charge in [-0.05, 0) is 36.5 Å². The number of hydrogen-bond donors (Lipinski definition) is 2. The molecule has 1 fully saturated rings. The lowest BCUT2D eigenvalue weighted by atomic mass is 10.1. The Balaban J connectivity index is 1.97. The van der Waals surface area contributed by atoms with E-state index in [-0.39, 0.29) is 24.2 Å². The lowest BCUT2D eigenvalue weighted by Gasteiger charge is -2.12. The Hall–Kier alpha value is -2.05. The van der Waals surface area contributed by atoms with E-state index in [1.165, 1.54) is 12.1 Å². The maximum Gasteiger partial charge on any atom is 0.416 e. The van der Waals surface area contributed by atoms with Gasteiger partial charge in [-0.1, -0.05) is 19.1 Å². The Bertz CT molecular complexity index is 568. The van der Waals surface area contributed by atoms with Crippen LogP contribution >= 0.6 is 0 Å². The van der Waals surface area contributed by atoms with Crippen molar-refractivity contribution in [1.29, 1.82) is 0 Å². The number of carboxylic acids is 1. The second-order valence-electron chi connectivity index (χ2n) is 5.38. The summed E-state index contributed by atoms with van der Waals surface area (Å²) in [7, 11) is 0. The van der Waals surface area contributed by atoms with Gasteiger partial charge in [0.25, 0.3) is 0 Å². The first-order chi connectivity index (χ1) is 10.2. The number of nitrogens with one attached hydrogen (secondary N) is 1. The third-order valence-electron chi connectivity index (χ3n) is 3.82. The molecule has 1 aliphatic carbocycles. The zero-order chi connectivity index (χ0) is 16.5. The third kappa shape index (κ3) is 3.58. The molecule has 3 atom stereocenters. The number of carboxylic acid groups (broad SMARTS) is 1. The molecule has 7 heteroatoms. The van der Waals surface area contributed by atoms with Crippen LogP contribution in [-0.4, -0.2) is 23.0 Å². The van der Waals surface area contributed by atoms with Crippen LogP contribution in [0.2, 0.25) is 0 Å². The molecule has 1 amide bonds. The van der Waals surface area contributed by atoms with Crippen LogP contribution in [0.25, 0.3) is 0 Å². The smallest absolute Gasteiger partial charge is 0.416 e. The minimum Gasteiger partial charge on any atom is -0.480 e. The fraction of sp³-hybridized carbons (Fsp3) is 0.467. The number of rotatable bonds is 5. The summed E-state index contributed by atoms with van der Waals surface area (Å²) in [6, 6.07) is 3.80. The van der Waals surface area contributed by atoms with E-state index in [4.69, 9.17) is 5.11 Å². The zero-order valence-electron chi connectivity index (χ0n) is 11.9. The van der Waals surface area contributed by atoms with Gasteiger partial charge in [0.1, 0.15) is 6.04 Å². The van der Waals surface area contributed by atoms with Crippen molar-refractivity contribution in [3.8, 4) is 0 Å². The summed E-state index contributed by atoms with van der Waals surface area (Å²) < 4.78 is 37.4. The van der Waals surface area contributed by atoms with Gasteiger partial charge in [-0.2, -0.15) is 13.2 Å². The highest BCUT2D eigenvalue weighted by Gasteiger charge is 2.45. The van der Waals surface area contributed by atoms with Crippen LogP contribution in [-0.2, 0) is 15.8 Å². The molecule has 0 bridgehead atoms. The molecule has 0 aliphatic heterocycles. The molecule has 1 aromatic rings. The molecule has 120 valence electrons. The van der Waals surface area contributed by atoms with E-state index in [0.29, 0.717) is 12.0 Å². The van der Waals surface area contributed by atoms with E-state index in [9.17, 15) is 22.8 Å². The van der Waals surface area contributed by atoms with Gasteiger partial charge in [0.2, 0.25) is 5.91 Å². The average molecular weight is 315 g/mol. The van der Waals surface area contributed by atoms with E-state index >= 15 is 0 Å². The minimum atomic E-state index is -4.38. The van der Waals surface area contributed by atoms with Crippen molar-refractivity contribution < 1.29 is 27.9 Å². The van der Waals surface area contributed by atoms with Crippen molar-refractivity contribution in [3.63, 3.8) is 0 Å². The lowest BCUT2D eigenvalue weighted by Crippen LogP contribution is -2.41. The summed E-state index contributed by atoms with van der Waals surface area (Å²) in [6.45, 7) is 1.65. The van der Waals surface area contributed by atoms with Crippen LogP contribution in [0.15, 0.2) is 24.3 Å². The first-order valence-corrected chi connectivity index (χ1v) is 6.94. The van der Waals surface area contributed by atoms with Crippen LogP contribution in [0, 0.1) is 5.92 Å². The molecule has 22 heavy (non-hydrogen) atoms. The standard InChI is InChI=1S/C15H16F3NO3/c1-2-12(14(21)22)19-13(20)11-7-10(11)8-3-5-9(6-4-8)15(16,17)18/h3-6,10-12H,2,7H2,1H3,(H,19,20)(H,21,22). The van der Waals surface area contributed by atoms with Gasteiger partial charge in [-0.15, -0.1) is 0 Å². The summed E-state index contributed by atoms with van der Waals surface area (Å²) in [5.74, 6) is -1.97. The van der Waals surface area contributed by atoms with Crippen LogP contribution in [0.1, 0.15) is 36.8 Å². The summed E-state index contributed by atoms with van der Waals surface area (Å²) >= 11 is 0. The molecule has 3 unspecified atom stereocenters. The quantitative estimate of drug-likeness (QED) is 0.878. The molecule has 1 saturated carbocycles. The second kappa shape index (κ2) is 5.98. The maximum atomic E-state index is 12.5. The van der Waals surface area contributed by atoms with Gasteiger partial charge in [0.05, 0.1) is 5.56 Å². The van der Waals surface area contributed by atoms with Crippen molar-refractivity contribution in [2.75, 3.05) is 0 Å². The Morgan fingerprint density at radius 3 is 2.36 bits per heavy atom. The number of alkyl halides is 3. The second-order valence-corrected chi connectivity index (χ2v) is 5.38. The monoisotopic (exact) mass is 315 g/mol. The number of hydrogen-bond acceptors (Lipinski definition) is 2. The van der Waals surface area contributed by atoms with Crippen LogP contribution in [0.3, 0.4) is 0 Å². The zero-order valence-corrected chi connectivity index (χ0v) is 11.9. The van der Waals surface area contributed by atoms with Crippen molar-refractivity contribution in [2.45, 2.75) is 37.9 Å². The van der Waals surface area contributed by atoms with Crippen molar-refractivity contribution in [1.82, 2.24) is 5.32 Å².